The normalized spacial score (nSPS) is 14.9. The summed E-state index contributed by atoms with van der Waals surface area (Å²) in [6.45, 7) is 2.20. The molecule has 1 unspecified atom stereocenters. The molecule has 84 valence electrons. The molecular formula is C11H16BrNO2. The number of benzene rings is 1. The summed E-state index contributed by atoms with van der Waals surface area (Å²) < 4.78 is 1.04. The van der Waals surface area contributed by atoms with Crippen molar-refractivity contribution in [2.45, 2.75) is 19.1 Å². The molecule has 0 heterocycles. The molecule has 4 heteroatoms. The van der Waals surface area contributed by atoms with E-state index in [-0.39, 0.29) is 12.6 Å². The van der Waals surface area contributed by atoms with Gasteiger partial charge in [-0.3, -0.25) is 0 Å². The van der Waals surface area contributed by atoms with Gasteiger partial charge in [0.1, 0.15) is 0 Å². The minimum absolute atomic E-state index is 0.156. The van der Waals surface area contributed by atoms with Gasteiger partial charge in [0.25, 0.3) is 0 Å². The summed E-state index contributed by atoms with van der Waals surface area (Å²) in [6.07, 6.45) is -0.695. The minimum Gasteiger partial charge on any atom is -0.394 e. The lowest BCUT2D eigenvalue weighted by molar-refractivity contribution is 0.0924. The molecule has 1 rings (SSSR count). The molecule has 0 aliphatic heterocycles. The van der Waals surface area contributed by atoms with E-state index in [1.165, 1.54) is 0 Å². The number of rotatable bonds is 5. The molecule has 1 aromatic carbocycles. The van der Waals surface area contributed by atoms with Crippen LogP contribution in [-0.2, 0) is 0 Å². The highest BCUT2D eigenvalue weighted by Crippen LogP contribution is 2.17. The maximum Gasteiger partial charge on any atom is 0.0895 e. The van der Waals surface area contributed by atoms with E-state index in [1.807, 2.05) is 31.2 Å². The first-order valence-electron chi connectivity index (χ1n) is 4.91. The zero-order valence-corrected chi connectivity index (χ0v) is 10.2. The predicted molar refractivity (Wildman–Crippen MR) is 63.7 cm³/mol. The highest BCUT2D eigenvalue weighted by molar-refractivity contribution is 9.10. The van der Waals surface area contributed by atoms with Crippen molar-refractivity contribution >= 4 is 15.9 Å². The Kier molecular flexibility index (Phi) is 5.25. The molecule has 0 aromatic heterocycles. The number of hydrogen-bond donors (Lipinski definition) is 3. The summed E-state index contributed by atoms with van der Waals surface area (Å²) in [5.41, 5.74) is 1.15. The van der Waals surface area contributed by atoms with Crippen LogP contribution < -0.4 is 5.32 Å². The summed E-state index contributed by atoms with van der Waals surface area (Å²) in [4.78, 5) is 0. The van der Waals surface area contributed by atoms with Crippen LogP contribution in [0.15, 0.2) is 28.7 Å². The highest BCUT2D eigenvalue weighted by Gasteiger charge is 2.07. The van der Waals surface area contributed by atoms with Crippen molar-refractivity contribution in [1.82, 2.24) is 5.32 Å². The monoisotopic (exact) mass is 273 g/mol. The van der Waals surface area contributed by atoms with Crippen LogP contribution >= 0.6 is 15.9 Å². The Labute approximate surface area is 98.3 Å². The predicted octanol–water partition coefficient (Wildman–Crippen LogP) is 1.45. The van der Waals surface area contributed by atoms with Crippen molar-refractivity contribution in [3.05, 3.63) is 34.3 Å². The standard InChI is InChI=1S/C11H16BrNO2/c1-8(13-6-11(15)7-14)9-3-2-4-10(12)5-9/h2-5,8,11,13-15H,6-7H2,1H3/t8?,11-/m0/s1. The Bertz CT molecular complexity index is 306. The van der Waals surface area contributed by atoms with Crippen LogP contribution in [0.5, 0.6) is 0 Å². The van der Waals surface area contributed by atoms with Gasteiger partial charge in [-0.25, -0.2) is 0 Å². The van der Waals surface area contributed by atoms with Crippen molar-refractivity contribution in [2.24, 2.45) is 0 Å². The lowest BCUT2D eigenvalue weighted by atomic mass is 10.1. The number of halogens is 1. The molecule has 0 fully saturated rings. The van der Waals surface area contributed by atoms with E-state index in [9.17, 15) is 5.11 Å². The first kappa shape index (κ1) is 12.6. The molecule has 0 aliphatic rings. The molecule has 15 heavy (non-hydrogen) atoms. The van der Waals surface area contributed by atoms with Gasteiger partial charge in [-0.15, -0.1) is 0 Å². The van der Waals surface area contributed by atoms with Crippen LogP contribution in [0.4, 0.5) is 0 Å². The maximum atomic E-state index is 9.19. The van der Waals surface area contributed by atoms with E-state index >= 15 is 0 Å². The molecule has 3 N–H and O–H groups in total. The van der Waals surface area contributed by atoms with Crippen LogP contribution in [-0.4, -0.2) is 29.5 Å². The van der Waals surface area contributed by atoms with E-state index in [0.717, 1.165) is 10.0 Å². The molecule has 1 aromatic rings. The van der Waals surface area contributed by atoms with Crippen molar-refractivity contribution < 1.29 is 10.2 Å². The second-order valence-electron chi connectivity index (χ2n) is 3.52. The fourth-order valence-electron chi connectivity index (χ4n) is 1.27. The third-order valence-corrected chi connectivity index (χ3v) is 2.71. The van der Waals surface area contributed by atoms with E-state index in [0.29, 0.717) is 6.54 Å². The summed E-state index contributed by atoms with van der Waals surface area (Å²) in [7, 11) is 0. The number of aliphatic hydroxyl groups excluding tert-OH is 2. The Hall–Kier alpha value is -0.420. The van der Waals surface area contributed by atoms with Crippen LogP contribution in [0, 0.1) is 0 Å². The molecule has 0 amide bonds. The first-order valence-corrected chi connectivity index (χ1v) is 5.70. The van der Waals surface area contributed by atoms with Gasteiger partial charge in [-0.2, -0.15) is 0 Å². The van der Waals surface area contributed by atoms with Crippen molar-refractivity contribution in [2.75, 3.05) is 13.2 Å². The van der Waals surface area contributed by atoms with E-state index in [1.54, 1.807) is 0 Å². The Morgan fingerprint density at radius 1 is 1.47 bits per heavy atom. The van der Waals surface area contributed by atoms with Crippen LogP contribution in [0.1, 0.15) is 18.5 Å². The summed E-state index contributed by atoms with van der Waals surface area (Å²) in [5.74, 6) is 0. The summed E-state index contributed by atoms with van der Waals surface area (Å²) in [5, 5.41) is 21.0. The van der Waals surface area contributed by atoms with Crippen LogP contribution in [0.3, 0.4) is 0 Å². The lowest BCUT2D eigenvalue weighted by Crippen LogP contribution is -2.31. The second kappa shape index (κ2) is 6.23. The third-order valence-electron chi connectivity index (χ3n) is 2.22. The number of hydrogen-bond acceptors (Lipinski definition) is 3. The molecule has 3 nitrogen and oxygen atoms in total. The van der Waals surface area contributed by atoms with Gasteiger partial charge < -0.3 is 15.5 Å². The molecule has 0 radical (unpaired) electrons. The van der Waals surface area contributed by atoms with Crippen molar-refractivity contribution in [1.29, 1.82) is 0 Å². The molecule has 0 aliphatic carbocycles. The maximum absolute atomic E-state index is 9.19. The average molecular weight is 274 g/mol. The number of nitrogens with one attached hydrogen (secondary N) is 1. The largest absolute Gasteiger partial charge is 0.394 e. The zero-order chi connectivity index (χ0) is 11.3. The third kappa shape index (κ3) is 4.30. The van der Waals surface area contributed by atoms with Gasteiger partial charge in [0.2, 0.25) is 0 Å². The molecule has 0 bridgehead atoms. The Balaban J connectivity index is 2.50. The first-order chi connectivity index (χ1) is 7.13. The van der Waals surface area contributed by atoms with Gasteiger partial charge in [0.05, 0.1) is 12.7 Å². The van der Waals surface area contributed by atoms with Gasteiger partial charge in [0, 0.05) is 17.1 Å². The fraction of sp³-hybridized carbons (Fsp3) is 0.455. The fourth-order valence-corrected chi connectivity index (χ4v) is 1.69. The number of aliphatic hydroxyl groups is 2. The molecule has 0 spiro atoms. The Morgan fingerprint density at radius 3 is 2.80 bits per heavy atom. The minimum atomic E-state index is -0.695. The Morgan fingerprint density at radius 2 is 2.20 bits per heavy atom. The average Bonchev–Trinajstić information content (AvgIpc) is 2.25. The topological polar surface area (TPSA) is 52.5 Å². The smallest absolute Gasteiger partial charge is 0.0895 e. The van der Waals surface area contributed by atoms with Crippen LogP contribution in [0.2, 0.25) is 0 Å². The van der Waals surface area contributed by atoms with Crippen molar-refractivity contribution in [3.8, 4) is 0 Å². The van der Waals surface area contributed by atoms with Gasteiger partial charge in [-0.05, 0) is 24.6 Å². The molecule has 2 atom stereocenters. The molecule has 0 saturated heterocycles. The summed E-state index contributed by atoms with van der Waals surface area (Å²) >= 11 is 3.41. The summed E-state index contributed by atoms with van der Waals surface area (Å²) in [6, 6.07) is 8.15. The lowest BCUT2D eigenvalue weighted by Gasteiger charge is -2.16. The van der Waals surface area contributed by atoms with Crippen molar-refractivity contribution in [3.63, 3.8) is 0 Å². The van der Waals surface area contributed by atoms with E-state index in [2.05, 4.69) is 21.2 Å². The highest BCUT2D eigenvalue weighted by atomic mass is 79.9. The van der Waals surface area contributed by atoms with Gasteiger partial charge in [0.15, 0.2) is 0 Å². The second-order valence-corrected chi connectivity index (χ2v) is 4.44. The molecular weight excluding hydrogens is 258 g/mol. The van der Waals surface area contributed by atoms with E-state index < -0.39 is 6.10 Å². The van der Waals surface area contributed by atoms with E-state index in [4.69, 9.17) is 5.11 Å². The van der Waals surface area contributed by atoms with Gasteiger partial charge >= 0.3 is 0 Å². The zero-order valence-electron chi connectivity index (χ0n) is 8.65. The van der Waals surface area contributed by atoms with Gasteiger partial charge in [-0.1, -0.05) is 28.1 Å². The van der Waals surface area contributed by atoms with Crippen LogP contribution in [0.25, 0.3) is 0 Å². The molecule has 0 saturated carbocycles. The SMILES string of the molecule is CC(NC[C@H](O)CO)c1cccc(Br)c1. The quantitative estimate of drug-likeness (QED) is 0.761.